The third kappa shape index (κ3) is 4.86. The van der Waals surface area contributed by atoms with Crippen molar-refractivity contribution in [2.24, 2.45) is 0 Å². The van der Waals surface area contributed by atoms with Crippen LogP contribution in [0.2, 0.25) is 0 Å². The number of carbonyl (C=O) groups excluding carboxylic acids is 3. The van der Waals surface area contributed by atoms with Gasteiger partial charge in [-0.3, -0.25) is 14.3 Å². The number of aromatic nitrogens is 2. The first-order valence-corrected chi connectivity index (χ1v) is 10.0. The zero-order valence-electron chi connectivity index (χ0n) is 17.6. The Labute approximate surface area is 185 Å². The van der Waals surface area contributed by atoms with Gasteiger partial charge in [0, 0.05) is 25.1 Å². The molecule has 1 aromatic carbocycles. The number of anilines is 1. The number of alkyl halides is 3. The van der Waals surface area contributed by atoms with E-state index in [-0.39, 0.29) is 29.9 Å². The van der Waals surface area contributed by atoms with Gasteiger partial charge in [-0.05, 0) is 25.1 Å². The summed E-state index contributed by atoms with van der Waals surface area (Å²) in [5, 5.41) is 9.47. The zero-order chi connectivity index (χ0) is 23.9. The maximum atomic E-state index is 13.0. The number of amides is 3. The van der Waals surface area contributed by atoms with Gasteiger partial charge >= 0.3 is 12.5 Å². The van der Waals surface area contributed by atoms with Crippen LogP contribution in [0.25, 0.3) is 11.3 Å². The molecule has 0 saturated carbocycles. The fourth-order valence-electron chi connectivity index (χ4n) is 3.84. The van der Waals surface area contributed by atoms with Gasteiger partial charge in [0.2, 0.25) is 5.91 Å². The van der Waals surface area contributed by atoms with Crippen molar-refractivity contribution in [2.75, 3.05) is 25.0 Å². The summed E-state index contributed by atoms with van der Waals surface area (Å²) in [5.74, 6) is -1.33. The van der Waals surface area contributed by atoms with Crippen LogP contribution in [0.4, 0.5) is 23.7 Å². The molecule has 0 spiro atoms. The summed E-state index contributed by atoms with van der Waals surface area (Å²) in [7, 11) is 0. The van der Waals surface area contributed by atoms with Crippen molar-refractivity contribution in [1.82, 2.24) is 20.0 Å². The lowest BCUT2D eigenvalue weighted by atomic mass is 10.1. The largest absolute Gasteiger partial charge is 0.573 e. The Morgan fingerprint density at radius 3 is 2.73 bits per heavy atom. The number of halogens is 3. The number of benzene rings is 1. The molecule has 2 aliphatic rings. The molecule has 10 nitrogen and oxygen atoms in total. The van der Waals surface area contributed by atoms with Crippen LogP contribution in [-0.4, -0.2) is 64.7 Å². The number of nitrogens with zero attached hydrogens (tertiary/aromatic N) is 3. The molecule has 2 aromatic rings. The van der Waals surface area contributed by atoms with Crippen LogP contribution in [0.3, 0.4) is 0 Å². The van der Waals surface area contributed by atoms with Crippen molar-refractivity contribution in [3.63, 3.8) is 0 Å². The highest BCUT2D eigenvalue weighted by molar-refractivity contribution is 5.97. The van der Waals surface area contributed by atoms with Crippen molar-refractivity contribution in [3.8, 4) is 17.0 Å². The van der Waals surface area contributed by atoms with E-state index in [4.69, 9.17) is 4.74 Å². The van der Waals surface area contributed by atoms with Gasteiger partial charge in [0.25, 0.3) is 5.91 Å². The molecule has 33 heavy (non-hydrogen) atoms. The summed E-state index contributed by atoms with van der Waals surface area (Å²) >= 11 is 0. The molecule has 0 radical (unpaired) electrons. The Balaban J connectivity index is 1.64. The minimum absolute atomic E-state index is 0.0561. The number of carbonyl (C=O) groups is 3. The van der Waals surface area contributed by atoms with E-state index in [1.165, 1.54) is 23.7 Å². The van der Waals surface area contributed by atoms with E-state index in [2.05, 4.69) is 20.5 Å². The van der Waals surface area contributed by atoms with Gasteiger partial charge in [-0.15, -0.1) is 13.2 Å². The number of ether oxygens (including phenoxy) is 2. The highest BCUT2D eigenvalue weighted by Gasteiger charge is 2.35. The number of rotatable bonds is 5. The van der Waals surface area contributed by atoms with Crippen LogP contribution < -0.4 is 15.4 Å². The molecule has 3 heterocycles. The standard InChI is InChI=1S/C20H20F3N5O5/c1-10-8-27(9-13-7-24-19(31)32-13)18(30)17-6-16(26-28(10)17)14-4-3-12(33-20(21,22)23)5-15(14)25-11(2)29/h3-6,10,13H,7-9H2,1-2H3,(H,24,31)(H,25,29)/t10-,13+/m0/s1. The molecule has 2 atom stereocenters. The third-order valence-electron chi connectivity index (χ3n) is 5.13. The molecule has 0 bridgehead atoms. The van der Waals surface area contributed by atoms with E-state index in [1.54, 1.807) is 4.90 Å². The monoisotopic (exact) mass is 467 g/mol. The quantitative estimate of drug-likeness (QED) is 0.699. The van der Waals surface area contributed by atoms with E-state index in [9.17, 15) is 27.6 Å². The predicted molar refractivity (Wildman–Crippen MR) is 108 cm³/mol. The number of cyclic esters (lactones) is 1. The summed E-state index contributed by atoms with van der Waals surface area (Å²) in [6.45, 7) is 3.91. The van der Waals surface area contributed by atoms with Crippen LogP contribution in [-0.2, 0) is 9.53 Å². The van der Waals surface area contributed by atoms with Gasteiger partial charge in [0.1, 0.15) is 17.5 Å². The molecule has 4 rings (SSSR count). The molecule has 2 N–H and O–H groups in total. The van der Waals surface area contributed by atoms with Crippen molar-refractivity contribution < 1.29 is 37.0 Å². The Morgan fingerprint density at radius 1 is 1.33 bits per heavy atom. The minimum atomic E-state index is -4.89. The second kappa shape index (κ2) is 8.30. The van der Waals surface area contributed by atoms with Gasteiger partial charge in [0.05, 0.1) is 30.5 Å². The molecule has 13 heteroatoms. The third-order valence-corrected chi connectivity index (χ3v) is 5.13. The number of alkyl carbamates (subject to hydrolysis) is 1. The fourth-order valence-corrected chi connectivity index (χ4v) is 3.84. The van der Waals surface area contributed by atoms with Gasteiger partial charge < -0.3 is 25.0 Å². The molecule has 2 aliphatic heterocycles. The number of hydrogen-bond donors (Lipinski definition) is 2. The fraction of sp³-hybridized carbons (Fsp3) is 0.400. The topological polar surface area (TPSA) is 115 Å². The molecule has 1 saturated heterocycles. The first kappa shape index (κ1) is 22.4. The molecule has 1 fully saturated rings. The van der Waals surface area contributed by atoms with E-state index >= 15 is 0 Å². The van der Waals surface area contributed by atoms with Crippen LogP contribution in [0, 0.1) is 0 Å². The molecular weight excluding hydrogens is 447 g/mol. The first-order valence-electron chi connectivity index (χ1n) is 10.0. The summed E-state index contributed by atoms with van der Waals surface area (Å²) in [6, 6.07) is 4.77. The smallest absolute Gasteiger partial charge is 0.442 e. The average molecular weight is 467 g/mol. The maximum absolute atomic E-state index is 13.0. The molecule has 3 amide bonds. The lowest BCUT2D eigenvalue weighted by Crippen LogP contribution is -2.46. The molecule has 0 unspecified atom stereocenters. The van der Waals surface area contributed by atoms with Gasteiger partial charge in [-0.1, -0.05) is 0 Å². The minimum Gasteiger partial charge on any atom is -0.442 e. The second-order valence-electron chi connectivity index (χ2n) is 7.76. The summed E-state index contributed by atoms with van der Waals surface area (Å²) < 4.78 is 48.4. The van der Waals surface area contributed by atoms with Crippen LogP contribution >= 0.6 is 0 Å². The highest BCUT2D eigenvalue weighted by atomic mass is 19.4. The van der Waals surface area contributed by atoms with Crippen molar-refractivity contribution in [3.05, 3.63) is 30.0 Å². The molecular formula is C20H20F3N5O5. The Bertz CT molecular complexity index is 1120. The average Bonchev–Trinajstić information content (AvgIpc) is 3.31. The van der Waals surface area contributed by atoms with E-state index in [1.807, 2.05) is 6.92 Å². The van der Waals surface area contributed by atoms with Crippen LogP contribution in [0.5, 0.6) is 5.75 Å². The molecule has 0 aliphatic carbocycles. The summed E-state index contributed by atoms with van der Waals surface area (Å²) in [4.78, 5) is 37.5. The first-order chi connectivity index (χ1) is 15.5. The van der Waals surface area contributed by atoms with Crippen molar-refractivity contribution in [1.29, 1.82) is 0 Å². The number of fused-ring (bicyclic) bond motifs is 1. The van der Waals surface area contributed by atoms with E-state index in [0.29, 0.717) is 24.3 Å². The van der Waals surface area contributed by atoms with Crippen LogP contribution in [0.15, 0.2) is 24.3 Å². The molecule has 1 aromatic heterocycles. The normalized spacial score (nSPS) is 20.2. The Morgan fingerprint density at radius 2 is 2.09 bits per heavy atom. The van der Waals surface area contributed by atoms with Crippen molar-refractivity contribution >= 4 is 23.6 Å². The summed E-state index contributed by atoms with van der Waals surface area (Å²) in [5.41, 5.74) is 0.941. The highest BCUT2D eigenvalue weighted by Crippen LogP contribution is 2.35. The lowest BCUT2D eigenvalue weighted by Gasteiger charge is -2.32. The van der Waals surface area contributed by atoms with Crippen LogP contribution in [0.1, 0.15) is 30.4 Å². The summed E-state index contributed by atoms with van der Waals surface area (Å²) in [6.07, 6.45) is -5.89. The number of hydrogen-bond acceptors (Lipinski definition) is 6. The molecule has 176 valence electrons. The van der Waals surface area contributed by atoms with E-state index in [0.717, 1.165) is 12.1 Å². The van der Waals surface area contributed by atoms with E-state index < -0.39 is 30.2 Å². The predicted octanol–water partition coefficient (Wildman–Crippen LogP) is 2.53. The SMILES string of the molecule is CC(=O)Nc1cc(OC(F)(F)F)ccc1-c1cc2n(n1)[C@@H](C)CN(C[C@H]1CNC(=O)O1)C2=O. The van der Waals surface area contributed by atoms with Crippen molar-refractivity contribution in [2.45, 2.75) is 32.4 Å². The van der Waals surface area contributed by atoms with Gasteiger partial charge in [-0.2, -0.15) is 5.10 Å². The second-order valence-corrected chi connectivity index (χ2v) is 7.76. The van der Waals surface area contributed by atoms with Gasteiger partial charge in [0.15, 0.2) is 0 Å². The number of nitrogens with one attached hydrogen (secondary N) is 2. The Hall–Kier alpha value is -3.77. The Kier molecular flexibility index (Phi) is 5.64. The zero-order valence-corrected chi connectivity index (χ0v) is 17.6. The lowest BCUT2D eigenvalue weighted by molar-refractivity contribution is -0.274. The van der Waals surface area contributed by atoms with Gasteiger partial charge in [-0.25, -0.2) is 4.79 Å². The maximum Gasteiger partial charge on any atom is 0.573 e.